The topological polar surface area (TPSA) is 63.3 Å². The standard InChI is InChI=1S/C4H5NO2S2/c5-4(8)9-2-1-3(6)7/h1-2H,(H2,5,8)(H,6,7)/b2-1-. The maximum atomic E-state index is 9.80. The smallest absolute Gasteiger partial charge is 0.328 e. The van der Waals surface area contributed by atoms with E-state index < -0.39 is 5.97 Å². The lowest BCUT2D eigenvalue weighted by molar-refractivity contribution is -0.131. The number of carboxylic acids is 1. The van der Waals surface area contributed by atoms with E-state index in [1.165, 1.54) is 5.41 Å². The molecule has 0 aromatic carbocycles. The van der Waals surface area contributed by atoms with Crippen LogP contribution >= 0.6 is 24.0 Å². The molecule has 50 valence electrons. The number of nitrogens with two attached hydrogens (primary N) is 1. The number of aliphatic carboxylic acids is 1. The predicted octanol–water partition coefficient (Wildman–Crippen LogP) is 0.562. The van der Waals surface area contributed by atoms with Crippen molar-refractivity contribution in [2.45, 2.75) is 0 Å². The van der Waals surface area contributed by atoms with Crippen LogP contribution in [-0.2, 0) is 4.79 Å². The molecule has 0 aliphatic rings. The van der Waals surface area contributed by atoms with E-state index in [1.807, 2.05) is 0 Å². The van der Waals surface area contributed by atoms with Gasteiger partial charge in [0.05, 0.1) is 0 Å². The Morgan fingerprint density at radius 1 is 1.78 bits per heavy atom. The molecule has 0 saturated heterocycles. The maximum Gasteiger partial charge on any atom is 0.328 e. The van der Waals surface area contributed by atoms with Gasteiger partial charge >= 0.3 is 5.97 Å². The van der Waals surface area contributed by atoms with E-state index in [1.54, 1.807) is 0 Å². The molecule has 0 saturated carbocycles. The van der Waals surface area contributed by atoms with E-state index in [0.29, 0.717) is 0 Å². The SMILES string of the molecule is NC(=S)S/C=C\C(=O)O. The van der Waals surface area contributed by atoms with Gasteiger partial charge < -0.3 is 10.8 Å². The molecule has 0 aromatic heterocycles. The zero-order valence-electron chi connectivity index (χ0n) is 4.40. The largest absolute Gasteiger partial charge is 0.478 e. The third kappa shape index (κ3) is 7.45. The van der Waals surface area contributed by atoms with Gasteiger partial charge in [-0.2, -0.15) is 0 Å². The Morgan fingerprint density at radius 3 is 2.67 bits per heavy atom. The minimum Gasteiger partial charge on any atom is -0.478 e. The highest BCUT2D eigenvalue weighted by atomic mass is 32.2. The van der Waals surface area contributed by atoms with E-state index in [0.717, 1.165) is 17.8 Å². The fourth-order valence-corrected chi connectivity index (χ4v) is 0.645. The molecule has 0 rings (SSSR count). The number of hydrogen-bond donors (Lipinski definition) is 2. The van der Waals surface area contributed by atoms with Crippen LogP contribution in [0.4, 0.5) is 0 Å². The molecule has 0 aliphatic heterocycles. The van der Waals surface area contributed by atoms with Gasteiger partial charge in [0, 0.05) is 6.08 Å². The molecule has 0 spiro atoms. The monoisotopic (exact) mass is 163 g/mol. The van der Waals surface area contributed by atoms with Crippen LogP contribution in [0.5, 0.6) is 0 Å². The summed E-state index contributed by atoms with van der Waals surface area (Å²) in [6, 6.07) is 0. The van der Waals surface area contributed by atoms with Gasteiger partial charge in [0.1, 0.15) is 4.32 Å². The van der Waals surface area contributed by atoms with Crippen molar-refractivity contribution < 1.29 is 9.90 Å². The molecule has 0 unspecified atom stereocenters. The first-order valence-corrected chi connectivity index (χ1v) is 3.27. The molecule has 0 fully saturated rings. The fourth-order valence-electron chi connectivity index (χ4n) is 0.159. The number of carbonyl (C=O) groups is 1. The molecule has 0 heterocycles. The van der Waals surface area contributed by atoms with Crippen LogP contribution in [0.1, 0.15) is 0 Å². The number of rotatable bonds is 2. The summed E-state index contributed by atoms with van der Waals surface area (Å²) in [6.07, 6.45) is 0.976. The second-order valence-electron chi connectivity index (χ2n) is 1.08. The Morgan fingerprint density at radius 2 is 2.33 bits per heavy atom. The van der Waals surface area contributed by atoms with Gasteiger partial charge in [-0.25, -0.2) is 4.79 Å². The van der Waals surface area contributed by atoms with Crippen molar-refractivity contribution in [1.29, 1.82) is 0 Å². The minimum absolute atomic E-state index is 0.215. The van der Waals surface area contributed by atoms with Gasteiger partial charge in [-0.15, -0.1) is 0 Å². The maximum absolute atomic E-state index is 9.80. The summed E-state index contributed by atoms with van der Waals surface area (Å²) >= 11 is 5.45. The normalized spacial score (nSPS) is 9.78. The molecule has 0 aliphatic carbocycles. The van der Waals surface area contributed by atoms with Crippen molar-refractivity contribution in [3.05, 3.63) is 11.5 Å². The number of thiocarbonyl (C=S) groups is 1. The number of thioether (sulfide) groups is 1. The van der Waals surface area contributed by atoms with E-state index in [4.69, 9.17) is 10.8 Å². The molecular formula is C4H5NO2S2. The summed E-state index contributed by atoms with van der Waals surface area (Å²) in [4.78, 5) is 9.80. The second-order valence-corrected chi connectivity index (χ2v) is 2.72. The average molecular weight is 163 g/mol. The Labute approximate surface area is 61.9 Å². The van der Waals surface area contributed by atoms with Crippen LogP contribution in [0.3, 0.4) is 0 Å². The first kappa shape index (κ1) is 8.45. The highest BCUT2D eigenvalue weighted by Crippen LogP contribution is 1.99. The zero-order chi connectivity index (χ0) is 7.28. The molecule has 0 aromatic rings. The second kappa shape index (κ2) is 4.34. The Kier molecular flexibility index (Phi) is 4.08. The molecular weight excluding hydrogens is 158 g/mol. The fraction of sp³-hybridized carbons (Fsp3) is 0. The first-order chi connectivity index (χ1) is 4.13. The van der Waals surface area contributed by atoms with Gasteiger partial charge in [-0.1, -0.05) is 24.0 Å². The van der Waals surface area contributed by atoms with Gasteiger partial charge in [0.2, 0.25) is 0 Å². The lowest BCUT2D eigenvalue weighted by atomic mass is 10.7. The average Bonchev–Trinajstić information content (AvgIpc) is 1.63. The van der Waals surface area contributed by atoms with E-state index in [2.05, 4.69) is 12.2 Å². The van der Waals surface area contributed by atoms with Crippen molar-refractivity contribution in [3.8, 4) is 0 Å². The van der Waals surface area contributed by atoms with E-state index in [9.17, 15) is 4.79 Å². The van der Waals surface area contributed by atoms with E-state index in [-0.39, 0.29) is 4.32 Å². The third-order valence-corrected chi connectivity index (χ3v) is 1.19. The molecule has 3 N–H and O–H groups in total. The van der Waals surface area contributed by atoms with Crippen molar-refractivity contribution in [3.63, 3.8) is 0 Å². The predicted molar refractivity (Wildman–Crippen MR) is 41.2 cm³/mol. The molecule has 0 bridgehead atoms. The molecule has 0 radical (unpaired) electrons. The third-order valence-electron chi connectivity index (χ3n) is 0.395. The van der Waals surface area contributed by atoms with Gasteiger partial charge in [0.25, 0.3) is 0 Å². The summed E-state index contributed by atoms with van der Waals surface area (Å²) in [5.74, 6) is -1.00. The van der Waals surface area contributed by atoms with Crippen molar-refractivity contribution in [2.75, 3.05) is 0 Å². The van der Waals surface area contributed by atoms with Crippen LogP contribution < -0.4 is 5.73 Å². The highest BCUT2D eigenvalue weighted by molar-refractivity contribution is 8.24. The summed E-state index contributed by atoms with van der Waals surface area (Å²) in [6.45, 7) is 0. The van der Waals surface area contributed by atoms with Crippen LogP contribution in [0, 0.1) is 0 Å². The zero-order valence-corrected chi connectivity index (χ0v) is 6.04. The van der Waals surface area contributed by atoms with Crippen molar-refractivity contribution in [2.24, 2.45) is 5.73 Å². The summed E-state index contributed by atoms with van der Waals surface area (Å²) in [5, 5.41) is 9.37. The van der Waals surface area contributed by atoms with Gasteiger partial charge in [-0.05, 0) is 5.41 Å². The summed E-state index contributed by atoms with van der Waals surface area (Å²) in [7, 11) is 0. The van der Waals surface area contributed by atoms with Crippen LogP contribution in [0.2, 0.25) is 0 Å². The van der Waals surface area contributed by atoms with E-state index >= 15 is 0 Å². The summed E-state index contributed by atoms with van der Waals surface area (Å²) < 4.78 is 0.215. The molecule has 3 nitrogen and oxygen atoms in total. The highest BCUT2D eigenvalue weighted by Gasteiger charge is 1.85. The summed E-state index contributed by atoms with van der Waals surface area (Å²) in [5.41, 5.74) is 5.03. The Hall–Kier alpha value is -0.550. The molecule has 9 heavy (non-hydrogen) atoms. The first-order valence-electron chi connectivity index (χ1n) is 1.98. The lowest BCUT2D eigenvalue weighted by Gasteiger charge is -1.83. The Bertz CT molecular complexity index is 155. The quantitative estimate of drug-likeness (QED) is 0.460. The van der Waals surface area contributed by atoms with Gasteiger partial charge in [0.15, 0.2) is 0 Å². The molecule has 0 atom stereocenters. The number of hydrogen-bond acceptors (Lipinski definition) is 3. The lowest BCUT2D eigenvalue weighted by Crippen LogP contribution is -1.99. The van der Waals surface area contributed by atoms with Gasteiger partial charge in [-0.3, -0.25) is 0 Å². The van der Waals surface area contributed by atoms with Crippen LogP contribution in [0.15, 0.2) is 11.5 Å². The van der Waals surface area contributed by atoms with Crippen molar-refractivity contribution >= 4 is 34.3 Å². The van der Waals surface area contributed by atoms with Crippen LogP contribution in [-0.4, -0.2) is 15.4 Å². The van der Waals surface area contributed by atoms with Crippen molar-refractivity contribution in [1.82, 2.24) is 0 Å². The Balaban J connectivity index is 3.48. The van der Waals surface area contributed by atoms with Crippen LogP contribution in [0.25, 0.3) is 0 Å². The number of carboxylic acid groups (broad SMARTS) is 1. The minimum atomic E-state index is -1.00. The molecule has 5 heteroatoms. The molecule has 0 amide bonds.